The van der Waals surface area contributed by atoms with E-state index in [2.05, 4.69) is 67.5 Å². The van der Waals surface area contributed by atoms with Gasteiger partial charge in [-0.15, -0.1) is 0 Å². The number of aromatic nitrogens is 3. The molecule has 3 aliphatic rings. The van der Waals surface area contributed by atoms with Gasteiger partial charge in [-0.25, -0.2) is 0 Å². The summed E-state index contributed by atoms with van der Waals surface area (Å²) in [7, 11) is 1.30. The normalized spacial score (nSPS) is 22.0. The van der Waals surface area contributed by atoms with Crippen molar-refractivity contribution in [3.8, 4) is 0 Å². The zero-order valence-electron chi connectivity index (χ0n) is 37.1. The number of hydrogen-bond donors (Lipinski definition) is 4. The van der Waals surface area contributed by atoms with Crippen LogP contribution in [-0.2, 0) is 25.5 Å². The van der Waals surface area contributed by atoms with E-state index in [1.165, 1.54) is 38.4 Å². The summed E-state index contributed by atoms with van der Waals surface area (Å²) in [4.78, 5) is 64.4. The highest BCUT2D eigenvalue weighted by Gasteiger charge is 2.48. The molecule has 320 valence electrons. The second kappa shape index (κ2) is 18.9. The van der Waals surface area contributed by atoms with Crippen LogP contribution >= 0.6 is 0 Å². The number of H-pyrrole nitrogens is 3. The Bertz CT molecular complexity index is 2390. The first-order valence-corrected chi connectivity index (χ1v) is 21.9. The van der Waals surface area contributed by atoms with Crippen LogP contribution in [0, 0.1) is 43.4 Å². The van der Waals surface area contributed by atoms with Crippen LogP contribution < -0.4 is 16.0 Å². The van der Waals surface area contributed by atoms with Crippen molar-refractivity contribution in [2.75, 3.05) is 13.7 Å². The Labute approximate surface area is 354 Å². The van der Waals surface area contributed by atoms with Crippen LogP contribution in [0.3, 0.4) is 0 Å². The Morgan fingerprint density at radius 3 is 2.32 bits per heavy atom. The lowest BCUT2D eigenvalue weighted by molar-refractivity contribution is -0.143. The van der Waals surface area contributed by atoms with Crippen LogP contribution in [0.2, 0.25) is 0 Å². The topological polar surface area (TPSA) is 146 Å². The third-order valence-electron chi connectivity index (χ3n) is 13.0. The molecule has 3 aromatic heterocycles. The number of methoxy groups -OCH3 is 1. The first-order chi connectivity index (χ1) is 28.7. The summed E-state index contributed by atoms with van der Waals surface area (Å²) in [6.45, 7) is 21.3. The predicted molar refractivity (Wildman–Crippen MR) is 239 cm³/mol. The Hall–Kier alpha value is -5.38. The maximum atomic E-state index is 14.4. The molecule has 0 unspecified atom stereocenters. The summed E-state index contributed by atoms with van der Waals surface area (Å²) in [5, 5.41) is 5.07. The van der Waals surface area contributed by atoms with Gasteiger partial charge in [-0.05, 0) is 99.3 Å². The second-order valence-electron chi connectivity index (χ2n) is 17.6. The molecule has 3 aromatic rings. The molecule has 0 spiro atoms. The molecule has 0 aromatic carbocycles. The van der Waals surface area contributed by atoms with Gasteiger partial charge in [0.25, 0.3) is 0 Å². The Kier molecular flexibility index (Phi) is 13.9. The maximum absolute atomic E-state index is 14.4. The van der Waals surface area contributed by atoms with Gasteiger partial charge in [0.1, 0.15) is 12.5 Å². The minimum Gasteiger partial charge on any atom is -0.468 e. The molecule has 4 atom stereocenters. The van der Waals surface area contributed by atoms with E-state index in [-0.39, 0.29) is 36.6 Å². The van der Waals surface area contributed by atoms with E-state index in [0.717, 1.165) is 64.2 Å². The summed E-state index contributed by atoms with van der Waals surface area (Å²) < 4.78 is 11.0. The van der Waals surface area contributed by atoms with E-state index in [1.54, 1.807) is 0 Å². The molecule has 2 aliphatic heterocycles. The first-order valence-electron chi connectivity index (χ1n) is 21.9. The van der Waals surface area contributed by atoms with Gasteiger partial charge in [-0.1, -0.05) is 78.5 Å². The standard InChI is InChI=1S/C50H64N4O6/c1-11-33-30(7)37-23-38-31(8)35(19-20-43(56)60-22-21-29(6)18-14-17-28(5)16-13-15-27(3)4)47(53-38)45-46(50(58)59-10)49(57)44-32(9)39(54-48(44)45)24-41-34(12-2)36(26-55)42(52-41)25-40(33)51-37/h11,21,23-28,31,35,46,51-54H,1,12-20,22H2,2-10H3/b29-21+,38-23-,41-24+,42-25-,47-45-/t28-,31-,35-,46+/m0/s1. The Balaban J connectivity index is 1.35. The fourth-order valence-electron chi connectivity index (χ4n) is 9.42. The molecular weight excluding hydrogens is 753 g/mol. The third-order valence-corrected chi connectivity index (χ3v) is 13.0. The van der Waals surface area contributed by atoms with E-state index in [1.807, 2.05) is 45.1 Å². The minimum atomic E-state index is -1.19. The molecule has 0 saturated carbocycles. The molecule has 4 N–H and O–H groups in total. The quantitative estimate of drug-likeness (QED) is 0.0461. The largest absolute Gasteiger partial charge is 0.468 e. The minimum absolute atomic E-state index is 0.132. The van der Waals surface area contributed by atoms with Crippen molar-refractivity contribution in [2.24, 2.45) is 29.6 Å². The number of esters is 2. The summed E-state index contributed by atoms with van der Waals surface area (Å²) in [5.41, 5.74) is 10.6. The molecule has 6 rings (SSSR count). The molecule has 8 bridgehead atoms. The lowest BCUT2D eigenvalue weighted by Gasteiger charge is -2.19. The number of aromatic amines is 3. The molecule has 1 aliphatic carbocycles. The van der Waals surface area contributed by atoms with E-state index in [9.17, 15) is 19.2 Å². The summed E-state index contributed by atoms with van der Waals surface area (Å²) in [5.74, 6) is -1.39. The first kappa shape index (κ1) is 44.2. The van der Waals surface area contributed by atoms with Gasteiger partial charge in [-0.3, -0.25) is 19.2 Å². The van der Waals surface area contributed by atoms with Crippen molar-refractivity contribution in [3.63, 3.8) is 0 Å². The Morgan fingerprint density at radius 1 is 0.917 bits per heavy atom. The number of nitrogens with one attached hydrogen (secondary N) is 4. The molecule has 5 heterocycles. The number of ketones is 1. The number of carbonyl (C=O) groups is 4. The number of allylic oxidation sites excluding steroid dienone is 3. The fraction of sp³-hybridized carbons (Fsp3) is 0.480. The van der Waals surface area contributed by atoms with Crippen molar-refractivity contribution in [1.82, 2.24) is 20.3 Å². The lowest BCUT2D eigenvalue weighted by atomic mass is 9.85. The number of hydrogen-bond acceptors (Lipinski definition) is 7. The average Bonchev–Trinajstić information content (AvgIpc) is 3.96. The number of Topliss-reactive ketones (excluding diaryl/α,β-unsaturated/α-hetero) is 1. The number of fused-ring (bicyclic) bond motifs is 7. The van der Waals surface area contributed by atoms with Crippen molar-refractivity contribution in [3.05, 3.63) is 96.5 Å². The fourth-order valence-corrected chi connectivity index (χ4v) is 9.42. The van der Waals surface area contributed by atoms with E-state index < -0.39 is 11.9 Å². The van der Waals surface area contributed by atoms with E-state index >= 15 is 0 Å². The smallest absolute Gasteiger partial charge is 0.321 e. The van der Waals surface area contributed by atoms with Gasteiger partial charge in [0.2, 0.25) is 0 Å². The Morgan fingerprint density at radius 2 is 1.63 bits per heavy atom. The molecule has 0 amide bonds. The maximum Gasteiger partial charge on any atom is 0.321 e. The van der Waals surface area contributed by atoms with Crippen molar-refractivity contribution >= 4 is 53.9 Å². The van der Waals surface area contributed by atoms with Crippen LogP contribution in [0.25, 0.3) is 29.9 Å². The molecule has 10 nitrogen and oxygen atoms in total. The van der Waals surface area contributed by atoms with Gasteiger partial charge in [0.15, 0.2) is 12.1 Å². The van der Waals surface area contributed by atoms with Crippen LogP contribution in [0.4, 0.5) is 0 Å². The number of aldehydes is 1. The highest BCUT2D eigenvalue weighted by Crippen LogP contribution is 2.48. The highest BCUT2D eigenvalue weighted by atomic mass is 16.5. The van der Waals surface area contributed by atoms with Crippen molar-refractivity contribution < 1.29 is 28.7 Å². The molecular formula is C50H64N4O6. The molecule has 1 saturated heterocycles. The summed E-state index contributed by atoms with van der Waals surface area (Å²) >= 11 is 0. The monoisotopic (exact) mass is 816 g/mol. The number of carbonyl (C=O) groups excluding carboxylic acids is 4. The van der Waals surface area contributed by atoms with Gasteiger partial charge in [-0.2, -0.15) is 0 Å². The van der Waals surface area contributed by atoms with Crippen LogP contribution in [0.15, 0.2) is 29.6 Å². The van der Waals surface area contributed by atoms with Gasteiger partial charge in [0, 0.05) is 74.3 Å². The van der Waals surface area contributed by atoms with Gasteiger partial charge < -0.3 is 29.7 Å². The lowest BCUT2D eigenvalue weighted by Crippen LogP contribution is -2.25. The van der Waals surface area contributed by atoms with Gasteiger partial charge >= 0.3 is 11.9 Å². The van der Waals surface area contributed by atoms with E-state index in [4.69, 9.17) is 9.47 Å². The summed E-state index contributed by atoms with van der Waals surface area (Å²) in [6.07, 6.45) is 19.0. The average molecular weight is 817 g/mol. The SMILES string of the molecule is C=Cc1c2[nH]c(c1C)/C=C1\N/C(=C3\c4[nH]c(c(C)c4C(=O)[C@@H]3C(=O)OC)/C=c3/[nH]/c(c(C=O)c3CC)=C\2)[C@@H](CCC(=O)OC/C=C(\C)CCC[C@@H](C)CCCC(C)C)[C@@H]1C. The zero-order valence-corrected chi connectivity index (χ0v) is 37.1. The zero-order chi connectivity index (χ0) is 43.4. The number of rotatable bonds is 17. The van der Waals surface area contributed by atoms with Crippen molar-refractivity contribution in [1.29, 1.82) is 0 Å². The van der Waals surface area contributed by atoms with Gasteiger partial charge in [0.05, 0.1) is 18.2 Å². The highest BCUT2D eigenvalue weighted by molar-refractivity contribution is 6.24. The van der Waals surface area contributed by atoms with Crippen LogP contribution in [-0.4, -0.2) is 52.7 Å². The third kappa shape index (κ3) is 8.89. The predicted octanol–water partition coefficient (Wildman–Crippen LogP) is 8.77. The molecule has 10 heteroatoms. The van der Waals surface area contributed by atoms with E-state index in [0.29, 0.717) is 63.5 Å². The second-order valence-corrected chi connectivity index (χ2v) is 17.6. The van der Waals surface area contributed by atoms with Crippen LogP contribution in [0.1, 0.15) is 159 Å². The van der Waals surface area contributed by atoms with Crippen molar-refractivity contribution in [2.45, 2.75) is 113 Å². The molecule has 60 heavy (non-hydrogen) atoms. The summed E-state index contributed by atoms with van der Waals surface area (Å²) in [6, 6.07) is 0. The van der Waals surface area contributed by atoms with Crippen LogP contribution in [0.5, 0.6) is 0 Å². The number of ether oxygens (including phenoxy) is 2. The molecule has 0 radical (unpaired) electrons. The molecule has 1 fully saturated rings.